The Morgan fingerprint density at radius 1 is 2.00 bits per heavy atom. The molecule has 0 heterocycles. The first-order chi connectivity index (χ1) is 3.68. The summed E-state index contributed by atoms with van der Waals surface area (Å²) in [7, 11) is -1.86. The van der Waals surface area contributed by atoms with Gasteiger partial charge >= 0.3 is 8.03 Å². The van der Waals surface area contributed by atoms with Crippen LogP contribution in [-0.4, -0.2) is 17.7 Å². The van der Waals surface area contributed by atoms with Gasteiger partial charge in [0.25, 0.3) is 0 Å². The maximum Gasteiger partial charge on any atom is 0.529 e. The monoisotopic (exact) mass is 138 g/mol. The van der Waals surface area contributed by atoms with Crippen LogP contribution in [0.2, 0.25) is 0 Å². The SMILES string of the molecule is CC(N)[P+](=O)OCO. The van der Waals surface area contributed by atoms with E-state index in [0.717, 1.165) is 0 Å². The summed E-state index contributed by atoms with van der Waals surface area (Å²) < 4.78 is 14.6. The maximum atomic E-state index is 10.4. The molecule has 2 atom stereocenters. The van der Waals surface area contributed by atoms with Crippen LogP contribution in [-0.2, 0) is 9.09 Å². The molecular weight excluding hydrogens is 129 g/mol. The van der Waals surface area contributed by atoms with Gasteiger partial charge in [-0.05, 0) is 11.5 Å². The summed E-state index contributed by atoms with van der Waals surface area (Å²) in [6.07, 6.45) is 0. The lowest BCUT2D eigenvalue weighted by atomic mass is 10.8. The van der Waals surface area contributed by atoms with Crippen LogP contribution < -0.4 is 5.73 Å². The van der Waals surface area contributed by atoms with E-state index in [0.29, 0.717) is 0 Å². The summed E-state index contributed by atoms with van der Waals surface area (Å²) >= 11 is 0. The average molecular weight is 138 g/mol. The second kappa shape index (κ2) is 3.92. The second-order valence-electron chi connectivity index (χ2n) is 1.28. The fourth-order valence-electron chi connectivity index (χ4n) is 0.174. The number of rotatable bonds is 3. The van der Waals surface area contributed by atoms with E-state index in [1.54, 1.807) is 6.92 Å². The average Bonchev–Trinajstić information content (AvgIpc) is 1.67. The van der Waals surface area contributed by atoms with Crippen molar-refractivity contribution >= 4 is 8.03 Å². The van der Waals surface area contributed by atoms with Gasteiger partial charge in [-0.15, -0.1) is 4.52 Å². The van der Waals surface area contributed by atoms with Gasteiger partial charge in [0.2, 0.25) is 5.78 Å². The van der Waals surface area contributed by atoms with Crippen LogP contribution in [0, 0.1) is 0 Å². The first-order valence-corrected chi connectivity index (χ1v) is 3.39. The Bertz CT molecular complexity index is 84.6. The molecular formula is C3H9NO3P+. The first-order valence-electron chi connectivity index (χ1n) is 2.14. The zero-order valence-corrected chi connectivity index (χ0v) is 5.47. The molecule has 3 N–H and O–H groups in total. The molecule has 0 aromatic rings. The largest absolute Gasteiger partial charge is 0.529 e. The van der Waals surface area contributed by atoms with Gasteiger partial charge in [0.05, 0.1) is 0 Å². The Morgan fingerprint density at radius 3 is 2.62 bits per heavy atom. The molecule has 0 aliphatic heterocycles. The van der Waals surface area contributed by atoms with Crippen molar-refractivity contribution in [2.24, 2.45) is 5.73 Å². The van der Waals surface area contributed by atoms with Crippen LogP contribution in [0.1, 0.15) is 6.92 Å². The van der Waals surface area contributed by atoms with Gasteiger partial charge in [0.15, 0.2) is 6.79 Å². The first kappa shape index (κ1) is 7.98. The van der Waals surface area contributed by atoms with E-state index in [1.165, 1.54) is 0 Å². The van der Waals surface area contributed by atoms with Gasteiger partial charge in [0, 0.05) is 0 Å². The molecule has 0 aromatic heterocycles. The van der Waals surface area contributed by atoms with Gasteiger partial charge in [0.1, 0.15) is 0 Å². The summed E-state index contributed by atoms with van der Waals surface area (Å²) in [6.45, 7) is 1.02. The van der Waals surface area contributed by atoms with Crippen molar-refractivity contribution in [3.63, 3.8) is 0 Å². The minimum absolute atomic E-state index is 0.503. The lowest BCUT2D eigenvalue weighted by molar-refractivity contribution is 0.105. The normalized spacial score (nSPS) is 15.6. The predicted octanol–water partition coefficient (Wildman–Crippen LogP) is -0.0001000. The predicted molar refractivity (Wildman–Crippen MR) is 29.4 cm³/mol. The molecule has 0 amide bonds. The van der Waals surface area contributed by atoms with Crippen LogP contribution in [0.25, 0.3) is 0 Å². The van der Waals surface area contributed by atoms with E-state index in [9.17, 15) is 4.57 Å². The third-order valence-corrected chi connectivity index (χ3v) is 1.55. The molecule has 0 bridgehead atoms. The van der Waals surface area contributed by atoms with Crippen LogP contribution in [0.5, 0.6) is 0 Å². The van der Waals surface area contributed by atoms with E-state index in [1.807, 2.05) is 0 Å². The summed E-state index contributed by atoms with van der Waals surface area (Å²) in [5.74, 6) is -0.503. The fourth-order valence-corrected chi connectivity index (χ4v) is 0.523. The van der Waals surface area contributed by atoms with Crippen LogP contribution in [0.3, 0.4) is 0 Å². The lowest BCUT2D eigenvalue weighted by Gasteiger charge is -1.85. The molecule has 4 nitrogen and oxygen atoms in total. The van der Waals surface area contributed by atoms with Gasteiger partial charge in [-0.2, -0.15) is 0 Å². The second-order valence-corrected chi connectivity index (χ2v) is 2.93. The van der Waals surface area contributed by atoms with Gasteiger partial charge in [-0.25, -0.2) is 0 Å². The molecule has 0 aromatic carbocycles. The molecule has 5 heteroatoms. The third kappa shape index (κ3) is 3.04. The zero-order valence-electron chi connectivity index (χ0n) is 4.57. The van der Waals surface area contributed by atoms with E-state index in [4.69, 9.17) is 10.8 Å². The van der Waals surface area contributed by atoms with E-state index < -0.39 is 20.6 Å². The van der Waals surface area contributed by atoms with Crippen molar-refractivity contribution in [2.45, 2.75) is 12.7 Å². The third-order valence-electron chi connectivity index (χ3n) is 0.518. The van der Waals surface area contributed by atoms with E-state index >= 15 is 0 Å². The summed E-state index contributed by atoms with van der Waals surface area (Å²) in [5, 5.41) is 8.02. The number of nitrogens with two attached hydrogens (primary N) is 1. The molecule has 0 saturated carbocycles. The molecule has 0 rings (SSSR count). The molecule has 8 heavy (non-hydrogen) atoms. The molecule has 0 saturated heterocycles. The molecule has 0 spiro atoms. The zero-order chi connectivity index (χ0) is 6.57. The number of hydrogen-bond acceptors (Lipinski definition) is 4. The Morgan fingerprint density at radius 2 is 2.50 bits per heavy atom. The van der Waals surface area contributed by atoms with Crippen molar-refractivity contribution < 1.29 is 14.2 Å². The quantitative estimate of drug-likeness (QED) is 0.425. The van der Waals surface area contributed by atoms with Gasteiger partial charge < -0.3 is 5.11 Å². The van der Waals surface area contributed by atoms with E-state index in [2.05, 4.69) is 4.52 Å². The molecule has 0 radical (unpaired) electrons. The van der Waals surface area contributed by atoms with Gasteiger partial charge in [-0.1, -0.05) is 0 Å². The highest BCUT2D eigenvalue weighted by molar-refractivity contribution is 7.39. The van der Waals surface area contributed by atoms with Crippen LogP contribution >= 0.6 is 8.03 Å². The molecule has 0 aliphatic carbocycles. The highest BCUT2D eigenvalue weighted by Crippen LogP contribution is 2.23. The van der Waals surface area contributed by atoms with Gasteiger partial charge in [-0.3, -0.25) is 5.73 Å². The standard InChI is InChI=1S/C3H9NO3P/c1-3(4)8(6)7-2-5/h3,5H,2,4H2,1H3/q+1. The summed E-state index contributed by atoms with van der Waals surface area (Å²) in [4.78, 5) is 0. The molecule has 48 valence electrons. The Kier molecular flexibility index (Phi) is 3.91. The molecule has 0 aliphatic rings. The Labute approximate surface area is 48.5 Å². The Balaban J connectivity index is 3.33. The lowest BCUT2D eigenvalue weighted by Crippen LogP contribution is -2.10. The number of hydrogen-bond donors (Lipinski definition) is 2. The number of aliphatic hydroxyl groups excluding tert-OH is 1. The minimum atomic E-state index is -1.86. The van der Waals surface area contributed by atoms with E-state index in [-0.39, 0.29) is 0 Å². The van der Waals surface area contributed by atoms with Crippen LogP contribution in [0.4, 0.5) is 0 Å². The molecule has 0 fully saturated rings. The molecule has 2 unspecified atom stereocenters. The summed E-state index contributed by atoms with van der Waals surface area (Å²) in [5.41, 5.74) is 5.10. The smallest absolute Gasteiger partial charge is 0.367 e. The maximum absolute atomic E-state index is 10.4. The highest BCUT2D eigenvalue weighted by Gasteiger charge is 2.22. The minimum Gasteiger partial charge on any atom is -0.367 e. The highest BCUT2D eigenvalue weighted by atomic mass is 31.1. The fraction of sp³-hybridized carbons (Fsp3) is 1.00. The van der Waals surface area contributed by atoms with Crippen molar-refractivity contribution in [1.29, 1.82) is 0 Å². The van der Waals surface area contributed by atoms with Crippen LogP contribution in [0.15, 0.2) is 0 Å². The Hall–Kier alpha value is -0.0200. The van der Waals surface area contributed by atoms with Crippen molar-refractivity contribution in [1.82, 2.24) is 0 Å². The summed E-state index contributed by atoms with van der Waals surface area (Å²) in [6, 6.07) is 0. The topological polar surface area (TPSA) is 72.6 Å². The van der Waals surface area contributed by atoms with Crippen molar-refractivity contribution in [2.75, 3.05) is 6.79 Å². The number of aliphatic hydroxyl groups is 1. The van der Waals surface area contributed by atoms with Crippen molar-refractivity contribution in [3.05, 3.63) is 0 Å². The van der Waals surface area contributed by atoms with Crippen molar-refractivity contribution in [3.8, 4) is 0 Å².